The number of hydrogen-bond donors (Lipinski definition) is 1. The number of anilines is 1. The number of benzene rings is 1. The number of hydrogen-bond acceptors (Lipinski definition) is 4. The van der Waals surface area contributed by atoms with Gasteiger partial charge >= 0.3 is 0 Å². The number of nitrogens with one attached hydrogen (secondary N) is 1. The van der Waals surface area contributed by atoms with Crippen LogP contribution in [0.2, 0.25) is 0 Å². The number of carbonyl (C=O) groups excluding carboxylic acids is 2. The van der Waals surface area contributed by atoms with Gasteiger partial charge in [-0.2, -0.15) is 0 Å². The Bertz CT molecular complexity index is 758. The van der Waals surface area contributed by atoms with E-state index in [-0.39, 0.29) is 24.8 Å². The van der Waals surface area contributed by atoms with Gasteiger partial charge in [-0.1, -0.05) is 31.2 Å². The van der Waals surface area contributed by atoms with E-state index in [0.29, 0.717) is 24.2 Å². The minimum Gasteiger partial charge on any atom is -0.341 e. The van der Waals surface area contributed by atoms with Crippen LogP contribution in [0.1, 0.15) is 24.8 Å². The van der Waals surface area contributed by atoms with Crippen molar-refractivity contribution in [3.05, 3.63) is 42.5 Å². The van der Waals surface area contributed by atoms with Gasteiger partial charge in [-0.15, -0.1) is 0 Å². The van der Waals surface area contributed by atoms with Crippen molar-refractivity contribution in [1.82, 2.24) is 4.90 Å². The number of sulfone groups is 1. The predicted octanol–water partition coefficient (Wildman–Crippen LogP) is 1.78. The highest BCUT2D eigenvalue weighted by Crippen LogP contribution is 2.20. The van der Waals surface area contributed by atoms with E-state index in [0.717, 1.165) is 12.8 Å². The molecule has 1 atom stereocenters. The lowest BCUT2D eigenvalue weighted by Crippen LogP contribution is -2.40. The Labute approximate surface area is 148 Å². The van der Waals surface area contributed by atoms with E-state index in [1.54, 1.807) is 29.2 Å². The molecule has 0 radical (unpaired) electrons. The predicted molar refractivity (Wildman–Crippen MR) is 98.0 cm³/mol. The molecule has 2 amide bonds. The van der Waals surface area contributed by atoms with Gasteiger partial charge in [0, 0.05) is 25.0 Å². The van der Waals surface area contributed by atoms with Crippen molar-refractivity contribution in [2.45, 2.75) is 30.9 Å². The smallest absolute Gasteiger partial charge is 0.247 e. The first kappa shape index (κ1) is 19.2. The van der Waals surface area contributed by atoms with Crippen molar-refractivity contribution in [3.63, 3.8) is 0 Å². The van der Waals surface area contributed by atoms with Gasteiger partial charge < -0.3 is 10.2 Å². The molecule has 1 aliphatic rings. The molecule has 136 valence electrons. The maximum absolute atomic E-state index is 12.7. The Morgan fingerprint density at radius 3 is 2.72 bits per heavy atom. The summed E-state index contributed by atoms with van der Waals surface area (Å²) < 4.78 is 23.8. The molecule has 1 aromatic rings. The van der Waals surface area contributed by atoms with Crippen LogP contribution in [0.15, 0.2) is 36.9 Å². The second kappa shape index (κ2) is 8.29. The van der Waals surface area contributed by atoms with Crippen molar-refractivity contribution in [3.8, 4) is 0 Å². The molecule has 2 rings (SSSR count). The summed E-state index contributed by atoms with van der Waals surface area (Å²) in [5, 5.41) is 2.19. The molecule has 25 heavy (non-hydrogen) atoms. The van der Waals surface area contributed by atoms with Crippen LogP contribution in [0.3, 0.4) is 0 Å². The van der Waals surface area contributed by atoms with Gasteiger partial charge in [0.15, 0.2) is 9.84 Å². The number of nitrogens with zero attached hydrogens (tertiary/aromatic N) is 1. The van der Waals surface area contributed by atoms with E-state index < -0.39 is 15.1 Å². The van der Waals surface area contributed by atoms with Gasteiger partial charge in [0.2, 0.25) is 11.8 Å². The molecular weight excluding hydrogens is 340 g/mol. The van der Waals surface area contributed by atoms with Gasteiger partial charge in [0.25, 0.3) is 0 Å². The van der Waals surface area contributed by atoms with E-state index >= 15 is 0 Å². The van der Waals surface area contributed by atoms with E-state index in [1.165, 1.54) is 12.3 Å². The van der Waals surface area contributed by atoms with Crippen LogP contribution in [-0.4, -0.2) is 49.7 Å². The lowest BCUT2D eigenvalue weighted by molar-refractivity contribution is -0.130. The first-order valence-electron chi connectivity index (χ1n) is 8.29. The van der Waals surface area contributed by atoms with E-state index in [9.17, 15) is 18.0 Å². The van der Waals surface area contributed by atoms with Crippen molar-refractivity contribution >= 4 is 27.3 Å². The van der Waals surface area contributed by atoms with E-state index in [2.05, 4.69) is 11.9 Å². The standard InChI is InChI=1S/C18H24N2O4S/c1-3-17(21)19-16-10-5-4-8-14(16)12-18(22)20-11-7-6-9-15(13-20)25(2,23)24/h3-5,8,10,15H,1,6-7,9,11-13H2,2H3,(H,19,21). The quantitative estimate of drug-likeness (QED) is 0.807. The first-order valence-corrected chi connectivity index (χ1v) is 10.2. The Morgan fingerprint density at radius 2 is 2.04 bits per heavy atom. The summed E-state index contributed by atoms with van der Waals surface area (Å²) in [6.45, 7) is 4.21. The Balaban J connectivity index is 2.13. The van der Waals surface area contributed by atoms with Crippen LogP contribution in [-0.2, 0) is 25.8 Å². The summed E-state index contributed by atoms with van der Waals surface area (Å²) in [7, 11) is -3.18. The largest absolute Gasteiger partial charge is 0.341 e. The maximum Gasteiger partial charge on any atom is 0.247 e. The third-order valence-corrected chi connectivity index (χ3v) is 5.98. The van der Waals surface area contributed by atoms with Crippen molar-refractivity contribution in [2.75, 3.05) is 24.7 Å². The van der Waals surface area contributed by atoms with E-state index in [1.807, 2.05) is 0 Å². The zero-order valence-corrected chi connectivity index (χ0v) is 15.2. The Kier molecular flexibility index (Phi) is 6.36. The average Bonchev–Trinajstić information content (AvgIpc) is 2.82. The van der Waals surface area contributed by atoms with Crippen LogP contribution >= 0.6 is 0 Å². The molecule has 1 N–H and O–H groups in total. The molecule has 1 aliphatic heterocycles. The molecule has 6 nitrogen and oxygen atoms in total. The maximum atomic E-state index is 12.7. The first-order chi connectivity index (χ1) is 11.8. The van der Waals surface area contributed by atoms with Crippen molar-refractivity contribution in [2.24, 2.45) is 0 Å². The van der Waals surface area contributed by atoms with Crippen LogP contribution in [0, 0.1) is 0 Å². The molecule has 1 fully saturated rings. The number of para-hydroxylation sites is 1. The van der Waals surface area contributed by atoms with Crippen LogP contribution in [0.5, 0.6) is 0 Å². The third kappa shape index (κ3) is 5.42. The zero-order chi connectivity index (χ0) is 18.4. The highest BCUT2D eigenvalue weighted by atomic mass is 32.2. The summed E-state index contributed by atoms with van der Waals surface area (Å²) in [6, 6.07) is 7.08. The SMILES string of the molecule is C=CC(=O)Nc1ccccc1CC(=O)N1CCCCC(S(C)(=O)=O)C1. The summed E-state index contributed by atoms with van der Waals surface area (Å²) in [4.78, 5) is 25.9. The zero-order valence-electron chi connectivity index (χ0n) is 14.4. The minimum absolute atomic E-state index is 0.115. The van der Waals surface area contributed by atoms with E-state index in [4.69, 9.17) is 0 Å². The van der Waals surface area contributed by atoms with Crippen LogP contribution in [0.4, 0.5) is 5.69 Å². The molecule has 0 aromatic heterocycles. The van der Waals surface area contributed by atoms with Crippen LogP contribution < -0.4 is 5.32 Å². The third-order valence-electron chi connectivity index (χ3n) is 4.39. The molecule has 1 heterocycles. The summed E-state index contributed by atoms with van der Waals surface area (Å²) in [5.41, 5.74) is 1.26. The molecule has 0 saturated carbocycles. The van der Waals surface area contributed by atoms with Gasteiger partial charge in [0.1, 0.15) is 0 Å². The minimum atomic E-state index is -3.18. The molecule has 1 unspecified atom stereocenters. The average molecular weight is 364 g/mol. The second-order valence-corrected chi connectivity index (χ2v) is 8.64. The molecule has 0 bridgehead atoms. The Hall–Kier alpha value is -2.15. The molecular formula is C18H24N2O4S. The summed E-state index contributed by atoms with van der Waals surface area (Å²) >= 11 is 0. The highest BCUT2D eigenvalue weighted by Gasteiger charge is 2.28. The fraction of sp³-hybridized carbons (Fsp3) is 0.444. The monoisotopic (exact) mass is 364 g/mol. The number of carbonyl (C=O) groups is 2. The van der Waals surface area contributed by atoms with Crippen molar-refractivity contribution in [1.29, 1.82) is 0 Å². The molecule has 7 heteroatoms. The number of amides is 2. The number of rotatable bonds is 5. The lowest BCUT2D eigenvalue weighted by Gasteiger charge is -2.24. The summed E-state index contributed by atoms with van der Waals surface area (Å²) in [5.74, 6) is -0.470. The van der Waals surface area contributed by atoms with Gasteiger partial charge in [-0.05, 0) is 30.5 Å². The summed E-state index contributed by atoms with van der Waals surface area (Å²) in [6.07, 6.45) is 4.70. The second-order valence-electron chi connectivity index (χ2n) is 6.31. The lowest BCUT2D eigenvalue weighted by atomic mass is 10.1. The van der Waals surface area contributed by atoms with Gasteiger partial charge in [-0.3, -0.25) is 9.59 Å². The fourth-order valence-corrected chi connectivity index (χ4v) is 3.98. The topological polar surface area (TPSA) is 83.6 Å². The molecule has 0 spiro atoms. The van der Waals surface area contributed by atoms with Gasteiger partial charge in [0.05, 0.1) is 11.7 Å². The highest BCUT2D eigenvalue weighted by molar-refractivity contribution is 7.91. The molecule has 1 saturated heterocycles. The fourth-order valence-electron chi connectivity index (χ4n) is 2.93. The molecule has 1 aromatic carbocycles. The normalized spacial score (nSPS) is 18.3. The molecule has 0 aliphatic carbocycles. The van der Waals surface area contributed by atoms with Crippen LogP contribution in [0.25, 0.3) is 0 Å². The number of likely N-dealkylation sites (tertiary alicyclic amines) is 1. The van der Waals surface area contributed by atoms with Crippen molar-refractivity contribution < 1.29 is 18.0 Å². The van der Waals surface area contributed by atoms with Gasteiger partial charge in [-0.25, -0.2) is 8.42 Å². The Morgan fingerprint density at radius 1 is 1.32 bits per heavy atom.